The monoisotopic (exact) mass is 526 g/mol. The van der Waals surface area contributed by atoms with Crippen LogP contribution >= 0.6 is 0 Å². The van der Waals surface area contributed by atoms with Gasteiger partial charge in [0.05, 0.1) is 43.6 Å². The third-order valence-electron chi connectivity index (χ3n) is 5.89. The molecule has 1 atom stereocenters. The van der Waals surface area contributed by atoms with E-state index in [1.54, 1.807) is 0 Å². The highest BCUT2D eigenvalue weighted by Gasteiger charge is 2.46. The van der Waals surface area contributed by atoms with Crippen molar-refractivity contribution in [2.24, 2.45) is 0 Å². The maximum Gasteiger partial charge on any atom is 0.433 e. The lowest BCUT2D eigenvalue weighted by Crippen LogP contribution is -2.27. The van der Waals surface area contributed by atoms with Gasteiger partial charge in [0.15, 0.2) is 18.0 Å². The second-order valence-electron chi connectivity index (χ2n) is 8.06. The number of aromatic nitrogens is 4. The molecule has 4 heterocycles. The van der Waals surface area contributed by atoms with Crippen molar-refractivity contribution >= 4 is 10.9 Å². The molecule has 1 unspecified atom stereocenters. The molecule has 194 valence electrons. The Morgan fingerprint density at radius 1 is 1.00 bits per heavy atom. The number of ether oxygens (including phenoxy) is 3. The van der Waals surface area contributed by atoms with Gasteiger partial charge in [-0.05, 0) is 23.8 Å². The van der Waals surface area contributed by atoms with Crippen LogP contribution in [0.5, 0.6) is 17.4 Å². The molecule has 0 spiro atoms. The number of alkyl halides is 6. The Kier molecular flexibility index (Phi) is 5.47. The number of halogens is 6. The molecule has 0 amide bonds. The number of fused-ring (bicyclic) bond motifs is 4. The average Bonchev–Trinajstić information content (AvgIpc) is 3.42. The maximum absolute atomic E-state index is 13.3. The lowest BCUT2D eigenvalue weighted by atomic mass is 9.85. The van der Waals surface area contributed by atoms with Gasteiger partial charge in [0.25, 0.3) is 5.88 Å². The summed E-state index contributed by atoms with van der Waals surface area (Å²) in [6.45, 7) is -1.64. The first-order chi connectivity index (χ1) is 17.4. The summed E-state index contributed by atoms with van der Waals surface area (Å²) in [4.78, 5) is 11.6. The number of imidazole rings is 1. The van der Waals surface area contributed by atoms with Crippen LogP contribution in [0.4, 0.5) is 26.3 Å². The first kappa shape index (κ1) is 24.6. The van der Waals surface area contributed by atoms with Gasteiger partial charge in [-0.25, -0.2) is 9.97 Å². The fourth-order valence-corrected chi connectivity index (χ4v) is 4.32. The summed E-state index contributed by atoms with van der Waals surface area (Å²) in [5.41, 5.74) is -2.57. The van der Waals surface area contributed by atoms with Crippen molar-refractivity contribution in [3.05, 3.63) is 65.5 Å². The summed E-state index contributed by atoms with van der Waals surface area (Å²) >= 11 is 0. The standard InChI is InChI=1S/C23H16F6N4O4/c1-35-18-12-5-11(3-4-14(12)32-20(36-2)19(18)37-9-21(24,25)26)22(34)13-7-31-16(23(27,28)29)6-15(13)33-10-30-8-17(22)33/h3-8,10,34H,9H2,1-2H3. The van der Waals surface area contributed by atoms with Crippen LogP contribution in [0.1, 0.15) is 22.5 Å². The third-order valence-corrected chi connectivity index (χ3v) is 5.89. The molecule has 0 radical (unpaired) electrons. The molecule has 0 saturated carbocycles. The van der Waals surface area contributed by atoms with Gasteiger partial charge in [-0.2, -0.15) is 26.3 Å². The molecule has 14 heteroatoms. The molecule has 3 aromatic heterocycles. The highest BCUT2D eigenvalue weighted by Crippen LogP contribution is 2.49. The summed E-state index contributed by atoms with van der Waals surface area (Å²) in [7, 11) is 2.41. The van der Waals surface area contributed by atoms with E-state index in [0.717, 1.165) is 12.3 Å². The first-order valence-electron chi connectivity index (χ1n) is 10.5. The molecule has 0 bridgehead atoms. The van der Waals surface area contributed by atoms with Crippen molar-refractivity contribution in [3.8, 4) is 23.1 Å². The van der Waals surface area contributed by atoms with E-state index in [1.165, 1.54) is 49.5 Å². The molecule has 1 N–H and O–H groups in total. The summed E-state index contributed by atoms with van der Waals surface area (Å²) in [5.74, 6) is -0.811. The minimum atomic E-state index is -4.72. The lowest BCUT2D eigenvalue weighted by Gasteiger charge is -2.25. The minimum Gasteiger partial charge on any atom is -0.492 e. The maximum atomic E-state index is 13.3. The molecule has 4 aromatic rings. The molecule has 1 aromatic carbocycles. The fraction of sp³-hybridized carbons (Fsp3) is 0.261. The molecule has 37 heavy (non-hydrogen) atoms. The number of rotatable bonds is 5. The highest BCUT2D eigenvalue weighted by molar-refractivity contribution is 5.90. The largest absolute Gasteiger partial charge is 0.492 e. The van der Waals surface area contributed by atoms with Crippen LogP contribution < -0.4 is 14.2 Å². The first-order valence-corrected chi connectivity index (χ1v) is 10.5. The topological polar surface area (TPSA) is 91.5 Å². The Labute approximate surface area is 204 Å². The summed E-state index contributed by atoms with van der Waals surface area (Å²) in [6, 6.07) is 5.12. The zero-order valence-corrected chi connectivity index (χ0v) is 19.0. The van der Waals surface area contributed by atoms with E-state index < -0.39 is 36.0 Å². The number of methoxy groups -OCH3 is 2. The number of hydrogen-bond donors (Lipinski definition) is 1. The van der Waals surface area contributed by atoms with E-state index in [9.17, 15) is 31.4 Å². The van der Waals surface area contributed by atoms with Crippen LogP contribution in [0.3, 0.4) is 0 Å². The van der Waals surface area contributed by atoms with E-state index in [1.807, 2.05) is 0 Å². The van der Waals surface area contributed by atoms with Gasteiger partial charge >= 0.3 is 12.4 Å². The van der Waals surface area contributed by atoms with Gasteiger partial charge in [0.2, 0.25) is 5.75 Å². The predicted molar refractivity (Wildman–Crippen MR) is 115 cm³/mol. The quantitative estimate of drug-likeness (QED) is 0.386. The summed E-state index contributed by atoms with van der Waals surface area (Å²) < 4.78 is 95.1. The molecule has 5 rings (SSSR count). The number of benzene rings is 1. The average molecular weight is 526 g/mol. The minimum absolute atomic E-state index is 0.0199. The van der Waals surface area contributed by atoms with E-state index in [-0.39, 0.29) is 45.0 Å². The van der Waals surface area contributed by atoms with Crippen molar-refractivity contribution in [2.75, 3.05) is 20.8 Å². The van der Waals surface area contributed by atoms with Crippen molar-refractivity contribution in [1.29, 1.82) is 0 Å². The number of pyridine rings is 2. The van der Waals surface area contributed by atoms with E-state index in [2.05, 4.69) is 15.0 Å². The molecule has 0 fully saturated rings. The van der Waals surface area contributed by atoms with Crippen LogP contribution in [-0.2, 0) is 11.8 Å². The van der Waals surface area contributed by atoms with Gasteiger partial charge in [0, 0.05) is 17.1 Å². The number of hydrogen-bond acceptors (Lipinski definition) is 7. The van der Waals surface area contributed by atoms with Crippen molar-refractivity contribution in [2.45, 2.75) is 18.0 Å². The van der Waals surface area contributed by atoms with Crippen molar-refractivity contribution in [1.82, 2.24) is 19.5 Å². The number of nitrogens with zero attached hydrogens (tertiary/aromatic N) is 4. The smallest absolute Gasteiger partial charge is 0.433 e. The van der Waals surface area contributed by atoms with Crippen LogP contribution in [0.2, 0.25) is 0 Å². The van der Waals surface area contributed by atoms with E-state index in [0.29, 0.717) is 0 Å². The Balaban J connectivity index is 1.71. The van der Waals surface area contributed by atoms with Crippen molar-refractivity contribution in [3.63, 3.8) is 0 Å². The second kappa shape index (κ2) is 8.23. The number of aliphatic hydroxyl groups is 1. The van der Waals surface area contributed by atoms with Crippen molar-refractivity contribution < 1.29 is 45.7 Å². The second-order valence-corrected chi connectivity index (χ2v) is 8.06. The third kappa shape index (κ3) is 3.87. The molecular weight excluding hydrogens is 510 g/mol. The Hall–Kier alpha value is -4.07. The molecule has 8 nitrogen and oxygen atoms in total. The Morgan fingerprint density at radius 3 is 2.41 bits per heavy atom. The molecule has 1 aliphatic heterocycles. The zero-order valence-electron chi connectivity index (χ0n) is 19.0. The Bertz CT molecular complexity index is 1520. The van der Waals surface area contributed by atoms with Gasteiger partial charge in [-0.15, -0.1) is 0 Å². The van der Waals surface area contributed by atoms with Gasteiger partial charge in [-0.1, -0.05) is 6.07 Å². The molecule has 1 aliphatic rings. The van der Waals surface area contributed by atoms with Gasteiger partial charge in [0.1, 0.15) is 5.69 Å². The van der Waals surface area contributed by atoms with Crippen LogP contribution in [-0.4, -0.2) is 51.6 Å². The van der Waals surface area contributed by atoms with E-state index in [4.69, 9.17) is 14.2 Å². The lowest BCUT2D eigenvalue weighted by molar-refractivity contribution is -0.153. The SMILES string of the molecule is COc1nc2ccc(C3(O)c4cnc(C(F)(F)F)cc4-n4cncc43)cc2c(OC)c1OCC(F)(F)F. The molecular formula is C23H16F6N4O4. The van der Waals surface area contributed by atoms with Crippen LogP contribution in [0, 0.1) is 0 Å². The van der Waals surface area contributed by atoms with Gasteiger partial charge in [-0.3, -0.25) is 9.55 Å². The zero-order chi connectivity index (χ0) is 26.8. The summed E-state index contributed by atoms with van der Waals surface area (Å²) in [5, 5.41) is 12.1. The predicted octanol–water partition coefficient (Wildman–Crippen LogP) is 4.39. The van der Waals surface area contributed by atoms with E-state index >= 15 is 0 Å². The molecule has 0 saturated heterocycles. The molecule has 0 aliphatic carbocycles. The van der Waals surface area contributed by atoms with Crippen LogP contribution in [0.25, 0.3) is 16.6 Å². The normalized spacial score (nSPS) is 17.0. The highest BCUT2D eigenvalue weighted by atomic mass is 19.4. The fourth-order valence-electron chi connectivity index (χ4n) is 4.32. The van der Waals surface area contributed by atoms with Crippen LogP contribution in [0.15, 0.2) is 43.0 Å². The van der Waals surface area contributed by atoms with Gasteiger partial charge < -0.3 is 19.3 Å². The Morgan fingerprint density at radius 2 is 1.76 bits per heavy atom. The summed E-state index contributed by atoms with van der Waals surface area (Å²) in [6.07, 6.45) is -5.90.